The minimum atomic E-state index is -0.834. The average molecular weight is 523 g/mol. The van der Waals surface area contributed by atoms with Crippen LogP contribution in [-0.4, -0.2) is 44.4 Å². The van der Waals surface area contributed by atoms with E-state index in [9.17, 15) is 14.7 Å². The Kier molecular flexibility index (Phi) is 7.05. The van der Waals surface area contributed by atoms with Crippen LogP contribution in [-0.2, 0) is 0 Å². The summed E-state index contributed by atoms with van der Waals surface area (Å²) in [6, 6.07) is 10.5. The van der Waals surface area contributed by atoms with Crippen molar-refractivity contribution < 1.29 is 14.7 Å². The maximum atomic E-state index is 13.1. The summed E-state index contributed by atoms with van der Waals surface area (Å²) < 4.78 is 2.17. The van der Waals surface area contributed by atoms with Crippen molar-refractivity contribution in [3.05, 3.63) is 46.5 Å². The summed E-state index contributed by atoms with van der Waals surface area (Å²) in [7, 11) is 0. The van der Waals surface area contributed by atoms with Crippen LogP contribution in [0.2, 0.25) is 0 Å². The molecule has 2 fully saturated rings. The smallest absolute Gasteiger partial charge is 0.407 e. The Hall–Kier alpha value is -2.87. The van der Waals surface area contributed by atoms with Crippen LogP contribution < -0.4 is 5.32 Å². The van der Waals surface area contributed by atoms with Crippen molar-refractivity contribution in [3.63, 3.8) is 0 Å². The van der Waals surface area contributed by atoms with Gasteiger partial charge in [0.25, 0.3) is 5.91 Å². The molecule has 198 valence electrons. The fourth-order valence-electron chi connectivity index (χ4n) is 6.11. The number of carbonyl (C=O) groups excluding carboxylic acids is 1. The lowest BCUT2D eigenvalue weighted by molar-refractivity contribution is 0.0526. The molecule has 1 saturated carbocycles. The summed E-state index contributed by atoms with van der Waals surface area (Å²) >= 11 is 1.53. The van der Waals surface area contributed by atoms with Crippen LogP contribution in [0.15, 0.2) is 30.3 Å². The van der Waals surface area contributed by atoms with E-state index in [1.807, 2.05) is 25.1 Å². The SMILES string of the molecule is Cc1nn(C2CCCCC2)c2sc(C(=O)Nc3ccc(C4CCN(C(=O)O)C(C(C)(C)C)C4)cc3)cc12. The number of anilines is 1. The molecular formula is C29H38N4O3S. The Bertz CT molecular complexity index is 1280. The number of carbonyl (C=O) groups is 2. The molecule has 2 unspecified atom stereocenters. The van der Waals surface area contributed by atoms with Gasteiger partial charge in [0.1, 0.15) is 4.83 Å². The zero-order chi connectivity index (χ0) is 26.3. The van der Waals surface area contributed by atoms with E-state index in [1.165, 1.54) is 36.2 Å². The Morgan fingerprint density at radius 3 is 2.43 bits per heavy atom. The van der Waals surface area contributed by atoms with E-state index in [2.05, 4.69) is 42.9 Å². The molecule has 37 heavy (non-hydrogen) atoms. The highest BCUT2D eigenvalue weighted by molar-refractivity contribution is 7.20. The Labute approximate surface area is 222 Å². The van der Waals surface area contributed by atoms with Crippen molar-refractivity contribution in [2.24, 2.45) is 5.41 Å². The van der Waals surface area contributed by atoms with E-state index < -0.39 is 6.09 Å². The van der Waals surface area contributed by atoms with Gasteiger partial charge >= 0.3 is 6.09 Å². The van der Waals surface area contributed by atoms with Crippen molar-refractivity contribution in [2.75, 3.05) is 11.9 Å². The molecule has 0 bridgehead atoms. The summed E-state index contributed by atoms with van der Waals surface area (Å²) in [4.78, 5) is 28.3. The maximum Gasteiger partial charge on any atom is 0.407 e. The van der Waals surface area contributed by atoms with Gasteiger partial charge in [-0.15, -0.1) is 11.3 Å². The fourth-order valence-corrected chi connectivity index (χ4v) is 7.23. The zero-order valence-electron chi connectivity index (χ0n) is 22.3. The number of aryl methyl sites for hydroxylation is 1. The number of nitrogens with zero attached hydrogens (tertiary/aromatic N) is 3. The number of hydrogen-bond donors (Lipinski definition) is 2. The molecule has 1 aliphatic carbocycles. The number of nitrogens with one attached hydrogen (secondary N) is 1. The van der Waals surface area contributed by atoms with Gasteiger partial charge in [-0.3, -0.25) is 9.48 Å². The number of thiophene rings is 1. The molecule has 2 amide bonds. The molecule has 1 saturated heterocycles. The second kappa shape index (κ2) is 10.1. The normalized spacial score (nSPS) is 21.4. The van der Waals surface area contributed by atoms with Gasteiger partial charge in [-0.05, 0) is 67.7 Å². The Morgan fingerprint density at radius 2 is 1.78 bits per heavy atom. The topological polar surface area (TPSA) is 87.5 Å². The highest BCUT2D eigenvalue weighted by atomic mass is 32.1. The highest BCUT2D eigenvalue weighted by Crippen LogP contribution is 2.39. The van der Waals surface area contributed by atoms with Gasteiger partial charge in [-0.25, -0.2) is 4.79 Å². The summed E-state index contributed by atoms with van der Waals surface area (Å²) in [6.07, 6.45) is 6.89. The molecule has 0 radical (unpaired) electrons. The summed E-state index contributed by atoms with van der Waals surface area (Å²) in [6.45, 7) is 8.90. The third-order valence-corrected chi connectivity index (χ3v) is 9.32. The van der Waals surface area contributed by atoms with Gasteiger partial charge in [0.15, 0.2) is 0 Å². The number of amides is 2. The molecule has 3 heterocycles. The molecule has 2 aromatic heterocycles. The monoisotopic (exact) mass is 522 g/mol. The standard InChI is InChI=1S/C29H38N4O3S/c1-18-23-17-24(37-27(23)33(31-18)22-8-6-5-7-9-22)26(34)30-21-12-10-19(11-13-21)20-14-15-32(28(35)36)25(16-20)29(2,3)4/h10-13,17,20,22,25H,5-9,14-16H2,1-4H3,(H,30,34)(H,35,36). The second-order valence-corrected chi connectivity index (χ2v) is 12.8. The number of carboxylic acid groups (broad SMARTS) is 1. The first-order chi connectivity index (χ1) is 17.6. The zero-order valence-corrected chi connectivity index (χ0v) is 23.1. The third kappa shape index (κ3) is 5.26. The lowest BCUT2D eigenvalue weighted by atomic mass is 9.75. The molecule has 1 aliphatic heterocycles. The fraction of sp³-hybridized carbons (Fsp3) is 0.552. The molecule has 2 N–H and O–H groups in total. The highest BCUT2D eigenvalue weighted by Gasteiger charge is 2.39. The minimum Gasteiger partial charge on any atom is -0.465 e. The molecule has 2 atom stereocenters. The number of benzene rings is 1. The molecule has 7 nitrogen and oxygen atoms in total. The molecule has 8 heteroatoms. The van der Waals surface area contributed by atoms with Crippen LogP contribution in [0.5, 0.6) is 0 Å². The van der Waals surface area contributed by atoms with E-state index in [-0.39, 0.29) is 17.4 Å². The van der Waals surface area contributed by atoms with Gasteiger partial charge in [0, 0.05) is 23.7 Å². The van der Waals surface area contributed by atoms with E-state index in [0.29, 0.717) is 23.4 Å². The van der Waals surface area contributed by atoms with Gasteiger partial charge < -0.3 is 15.3 Å². The Morgan fingerprint density at radius 1 is 1.08 bits per heavy atom. The number of piperidine rings is 1. The minimum absolute atomic E-state index is 0.0240. The van der Waals surface area contributed by atoms with Crippen molar-refractivity contribution >= 4 is 39.2 Å². The van der Waals surface area contributed by atoms with Gasteiger partial charge in [-0.1, -0.05) is 52.2 Å². The lowest BCUT2D eigenvalue weighted by Gasteiger charge is -2.44. The first-order valence-electron chi connectivity index (χ1n) is 13.5. The first-order valence-corrected chi connectivity index (χ1v) is 14.3. The van der Waals surface area contributed by atoms with E-state index in [1.54, 1.807) is 4.90 Å². The number of aromatic nitrogens is 2. The van der Waals surface area contributed by atoms with Crippen molar-refractivity contribution in [3.8, 4) is 0 Å². The quantitative estimate of drug-likeness (QED) is 0.373. The summed E-state index contributed by atoms with van der Waals surface area (Å²) in [5, 5.41) is 18.6. The molecular weight excluding hydrogens is 484 g/mol. The van der Waals surface area contributed by atoms with Crippen molar-refractivity contribution in [2.45, 2.75) is 90.6 Å². The van der Waals surface area contributed by atoms with Gasteiger partial charge in [0.2, 0.25) is 0 Å². The first kappa shape index (κ1) is 25.8. The molecule has 5 rings (SSSR count). The maximum absolute atomic E-state index is 13.1. The average Bonchev–Trinajstić information content (AvgIpc) is 3.45. The van der Waals surface area contributed by atoms with E-state index in [4.69, 9.17) is 5.10 Å². The van der Waals surface area contributed by atoms with Crippen LogP contribution in [0.1, 0.15) is 98.6 Å². The number of hydrogen-bond acceptors (Lipinski definition) is 4. The summed E-state index contributed by atoms with van der Waals surface area (Å²) in [5.74, 6) is 0.212. The van der Waals surface area contributed by atoms with Crippen molar-refractivity contribution in [1.29, 1.82) is 0 Å². The predicted molar refractivity (Wildman–Crippen MR) is 149 cm³/mol. The van der Waals surface area contributed by atoms with Crippen LogP contribution in [0.25, 0.3) is 10.2 Å². The lowest BCUT2D eigenvalue weighted by Crippen LogP contribution is -2.51. The third-order valence-electron chi connectivity index (χ3n) is 8.20. The molecule has 3 aromatic rings. The number of fused-ring (bicyclic) bond motifs is 1. The van der Waals surface area contributed by atoms with Crippen LogP contribution in [0, 0.1) is 12.3 Å². The Balaban J connectivity index is 1.28. The number of likely N-dealkylation sites (tertiary alicyclic amines) is 1. The molecule has 1 aromatic carbocycles. The van der Waals surface area contributed by atoms with Crippen LogP contribution in [0.3, 0.4) is 0 Å². The predicted octanol–water partition coefficient (Wildman–Crippen LogP) is 7.44. The van der Waals surface area contributed by atoms with E-state index in [0.717, 1.165) is 47.3 Å². The largest absolute Gasteiger partial charge is 0.465 e. The van der Waals surface area contributed by atoms with Gasteiger partial charge in [0.05, 0.1) is 16.6 Å². The van der Waals surface area contributed by atoms with Crippen LogP contribution >= 0.6 is 11.3 Å². The number of rotatable bonds is 4. The summed E-state index contributed by atoms with van der Waals surface area (Å²) in [5.41, 5.74) is 2.83. The second-order valence-electron chi connectivity index (χ2n) is 11.8. The van der Waals surface area contributed by atoms with Gasteiger partial charge in [-0.2, -0.15) is 5.10 Å². The van der Waals surface area contributed by atoms with E-state index >= 15 is 0 Å². The van der Waals surface area contributed by atoms with Crippen molar-refractivity contribution in [1.82, 2.24) is 14.7 Å². The molecule has 2 aliphatic rings. The molecule has 0 spiro atoms. The van der Waals surface area contributed by atoms with Crippen LogP contribution in [0.4, 0.5) is 10.5 Å².